The Labute approximate surface area is 96.0 Å². The van der Waals surface area contributed by atoms with E-state index >= 15 is 0 Å². The Morgan fingerprint density at radius 1 is 1.12 bits per heavy atom. The van der Waals surface area contributed by atoms with Gasteiger partial charge in [-0.3, -0.25) is 4.79 Å². The van der Waals surface area contributed by atoms with E-state index in [2.05, 4.69) is 10.1 Å². The first-order valence-electron chi connectivity index (χ1n) is 5.07. The largest absolute Gasteiger partial charge is 0.472 e. The molecule has 7 heteroatoms. The van der Waals surface area contributed by atoms with E-state index in [9.17, 15) is 9.59 Å². The molecule has 0 spiro atoms. The number of rotatable bonds is 8. The summed E-state index contributed by atoms with van der Waals surface area (Å²) < 4.78 is 14.2. The summed E-state index contributed by atoms with van der Waals surface area (Å²) in [7, 11) is 4.73. The van der Waals surface area contributed by atoms with Crippen molar-refractivity contribution in [1.82, 2.24) is 5.32 Å². The minimum Gasteiger partial charge on any atom is -0.472 e. The van der Waals surface area contributed by atoms with Crippen molar-refractivity contribution in [2.75, 3.05) is 33.0 Å². The number of carbonyl (C=O) groups excluding carboxylic acids is 2. The second kappa shape index (κ2) is 10.3. The van der Waals surface area contributed by atoms with E-state index in [1.54, 1.807) is 0 Å². The quantitative estimate of drug-likeness (QED) is 0.483. The number of alkyl carbamates (subject to hydrolysis) is 1. The number of carbonyl (C=O) groups is 2. The zero-order chi connectivity index (χ0) is 12.2. The van der Waals surface area contributed by atoms with Gasteiger partial charge in [0.2, 0.25) is 13.7 Å². The number of nitrogens with one attached hydrogen (secondary N) is 1. The summed E-state index contributed by atoms with van der Waals surface area (Å²) in [6.45, 7) is 3.33. The molecule has 2 radical (unpaired) electrons. The van der Waals surface area contributed by atoms with Crippen LogP contribution in [-0.4, -0.2) is 52.8 Å². The highest BCUT2D eigenvalue weighted by molar-refractivity contribution is 6.55. The fourth-order valence-corrected chi connectivity index (χ4v) is 0.774. The minimum absolute atomic E-state index is 0.107. The van der Waals surface area contributed by atoms with Crippen LogP contribution in [0.3, 0.4) is 0 Å². The number of hydrogen-bond acceptors (Lipinski definition) is 5. The lowest BCUT2D eigenvalue weighted by Gasteiger charge is -2.07. The van der Waals surface area contributed by atoms with Crippen molar-refractivity contribution in [3.05, 3.63) is 0 Å². The van der Waals surface area contributed by atoms with Crippen molar-refractivity contribution in [2.45, 2.75) is 13.3 Å². The zero-order valence-corrected chi connectivity index (χ0v) is 9.36. The van der Waals surface area contributed by atoms with Crippen LogP contribution in [0.5, 0.6) is 0 Å². The first-order valence-corrected chi connectivity index (χ1v) is 5.07. The molecule has 6 nitrogen and oxygen atoms in total. The predicted octanol–water partition coefficient (Wildman–Crippen LogP) is 0.444. The van der Waals surface area contributed by atoms with E-state index < -0.39 is 12.0 Å². The smallest absolute Gasteiger partial charge is 0.407 e. The molecule has 1 N–H and O–H groups in total. The monoisotopic (exact) mass is 229 g/mol. The van der Waals surface area contributed by atoms with Crippen LogP contribution in [0, 0.1) is 0 Å². The maximum atomic E-state index is 10.9. The van der Waals surface area contributed by atoms with E-state index in [0.29, 0.717) is 19.8 Å². The molecule has 0 saturated carbocycles. The normalized spacial score (nSPS) is 9.56. The van der Waals surface area contributed by atoms with Gasteiger partial charge in [-0.2, -0.15) is 0 Å². The Bertz CT molecular complexity index is 212. The average Bonchev–Trinajstić information content (AvgIpc) is 2.24. The Morgan fingerprint density at radius 3 is 2.50 bits per heavy atom. The SMILES string of the molecule is [B]C(=O)OCCOCCNC(=O)OCCC. The molecular formula is C9H16BNO5. The summed E-state index contributed by atoms with van der Waals surface area (Å²) in [4.78, 5) is 21.1. The highest BCUT2D eigenvalue weighted by atomic mass is 16.6. The van der Waals surface area contributed by atoms with Crippen LogP contribution in [0.2, 0.25) is 0 Å². The molecule has 16 heavy (non-hydrogen) atoms. The molecule has 0 saturated heterocycles. The Hall–Kier alpha value is -1.24. The molecule has 0 unspecified atom stereocenters. The van der Waals surface area contributed by atoms with E-state index in [-0.39, 0.29) is 13.2 Å². The fraction of sp³-hybridized carbons (Fsp3) is 0.778. The first kappa shape index (κ1) is 14.8. The standard InChI is InChI=1S/C9H16BNO5/c1-2-4-16-9(13)11-3-5-14-6-7-15-8(10)12/h2-7H2,1H3,(H,11,13). The molecule has 1 amide bonds. The van der Waals surface area contributed by atoms with Crippen LogP contribution >= 0.6 is 0 Å². The van der Waals surface area contributed by atoms with Crippen LogP contribution in [-0.2, 0) is 14.2 Å². The number of amides is 1. The lowest BCUT2D eigenvalue weighted by molar-refractivity contribution is 0.0817. The topological polar surface area (TPSA) is 73.9 Å². The van der Waals surface area contributed by atoms with Gasteiger partial charge in [0.25, 0.3) is 0 Å². The zero-order valence-electron chi connectivity index (χ0n) is 9.36. The Morgan fingerprint density at radius 2 is 1.88 bits per heavy atom. The molecule has 0 aliphatic heterocycles. The predicted molar refractivity (Wildman–Crippen MR) is 57.6 cm³/mol. The van der Waals surface area contributed by atoms with E-state index in [4.69, 9.17) is 17.3 Å². The van der Waals surface area contributed by atoms with E-state index in [0.717, 1.165) is 6.42 Å². The summed E-state index contributed by atoms with van der Waals surface area (Å²) in [6.07, 6.45) is 0.327. The Kier molecular flexibility index (Phi) is 9.49. The molecule has 0 aliphatic carbocycles. The molecule has 0 bridgehead atoms. The van der Waals surface area contributed by atoms with Gasteiger partial charge >= 0.3 is 6.09 Å². The van der Waals surface area contributed by atoms with Gasteiger partial charge in [-0.15, -0.1) is 0 Å². The molecule has 0 aromatic carbocycles. The third kappa shape index (κ3) is 10.8. The number of ether oxygens (including phenoxy) is 3. The van der Waals surface area contributed by atoms with Gasteiger partial charge in [0.15, 0.2) is 0 Å². The van der Waals surface area contributed by atoms with Gasteiger partial charge in [0.1, 0.15) is 6.61 Å². The van der Waals surface area contributed by atoms with Gasteiger partial charge in [-0.05, 0) is 6.42 Å². The summed E-state index contributed by atoms with van der Waals surface area (Å²) >= 11 is 0. The first-order chi connectivity index (χ1) is 7.66. The lowest BCUT2D eigenvalue weighted by Crippen LogP contribution is -2.28. The molecule has 0 heterocycles. The second-order valence-corrected chi connectivity index (χ2v) is 2.84. The van der Waals surface area contributed by atoms with Crippen molar-refractivity contribution >= 4 is 19.8 Å². The van der Waals surface area contributed by atoms with Crippen LogP contribution in [0.4, 0.5) is 9.59 Å². The lowest BCUT2D eigenvalue weighted by atomic mass is 10.2. The van der Waals surface area contributed by atoms with Crippen molar-refractivity contribution in [3.63, 3.8) is 0 Å². The maximum Gasteiger partial charge on any atom is 0.407 e. The van der Waals surface area contributed by atoms with Gasteiger partial charge in [0.05, 0.1) is 19.8 Å². The highest BCUT2D eigenvalue weighted by Crippen LogP contribution is 1.82. The van der Waals surface area contributed by atoms with Gasteiger partial charge in [-0.25, -0.2) is 4.79 Å². The minimum atomic E-state index is -0.829. The average molecular weight is 229 g/mol. The van der Waals surface area contributed by atoms with Crippen LogP contribution in [0.25, 0.3) is 0 Å². The molecule has 0 atom stereocenters. The van der Waals surface area contributed by atoms with Crippen molar-refractivity contribution < 1.29 is 23.8 Å². The summed E-state index contributed by atoms with van der Waals surface area (Å²) in [5.74, 6) is -0.829. The molecule has 0 aliphatic rings. The van der Waals surface area contributed by atoms with Crippen LogP contribution < -0.4 is 5.32 Å². The molecule has 0 aromatic heterocycles. The third-order valence-corrected chi connectivity index (χ3v) is 1.43. The van der Waals surface area contributed by atoms with E-state index in [1.807, 2.05) is 6.92 Å². The van der Waals surface area contributed by atoms with Crippen molar-refractivity contribution in [3.8, 4) is 0 Å². The van der Waals surface area contributed by atoms with Gasteiger partial charge < -0.3 is 19.5 Å². The molecular weight excluding hydrogens is 213 g/mol. The Balaban J connectivity index is 3.14. The number of hydrogen-bond donors (Lipinski definition) is 1. The van der Waals surface area contributed by atoms with Crippen LogP contribution in [0.15, 0.2) is 0 Å². The third-order valence-electron chi connectivity index (χ3n) is 1.43. The van der Waals surface area contributed by atoms with Crippen LogP contribution in [0.1, 0.15) is 13.3 Å². The summed E-state index contributed by atoms with van der Waals surface area (Å²) in [5, 5.41) is 2.50. The van der Waals surface area contributed by atoms with Crippen molar-refractivity contribution in [1.29, 1.82) is 0 Å². The molecule has 0 rings (SSSR count). The molecule has 0 fully saturated rings. The summed E-state index contributed by atoms with van der Waals surface area (Å²) in [6, 6.07) is 0. The molecule has 0 aromatic rings. The van der Waals surface area contributed by atoms with Gasteiger partial charge in [-0.1, -0.05) is 6.92 Å². The van der Waals surface area contributed by atoms with Crippen molar-refractivity contribution in [2.24, 2.45) is 0 Å². The van der Waals surface area contributed by atoms with E-state index in [1.165, 1.54) is 0 Å². The summed E-state index contributed by atoms with van der Waals surface area (Å²) in [5.41, 5.74) is 0. The second-order valence-electron chi connectivity index (χ2n) is 2.84. The fourth-order valence-electron chi connectivity index (χ4n) is 0.774. The highest BCUT2D eigenvalue weighted by Gasteiger charge is 1.99. The maximum absolute atomic E-state index is 10.9. The van der Waals surface area contributed by atoms with Gasteiger partial charge in [0, 0.05) is 6.54 Å². The molecule has 90 valence electrons.